The van der Waals surface area contributed by atoms with Gasteiger partial charge in [-0.3, -0.25) is 9.69 Å². The highest BCUT2D eigenvalue weighted by Gasteiger charge is 2.33. The van der Waals surface area contributed by atoms with E-state index in [1.807, 2.05) is 0 Å². The summed E-state index contributed by atoms with van der Waals surface area (Å²) in [4.78, 5) is 13.4. The largest absolute Gasteiger partial charge is 0.368 e. The van der Waals surface area contributed by atoms with Gasteiger partial charge in [-0.2, -0.15) is 0 Å². The first-order chi connectivity index (χ1) is 6.66. The number of carbonyl (C=O) groups excluding carboxylic acids is 1. The van der Waals surface area contributed by atoms with E-state index in [9.17, 15) is 4.79 Å². The van der Waals surface area contributed by atoms with Gasteiger partial charge < -0.3 is 5.73 Å². The standard InChI is InChI=1S/C11H20N2O/c1-8-5-9(6-8)7-13-4-2-3-10(13)11(12)14/h8-10H,2-7H2,1H3,(H2,12,14). The number of amides is 1. The third kappa shape index (κ3) is 1.92. The van der Waals surface area contributed by atoms with Crippen molar-refractivity contribution in [2.75, 3.05) is 13.1 Å². The lowest BCUT2D eigenvalue weighted by molar-refractivity contribution is -0.122. The maximum atomic E-state index is 11.1. The minimum Gasteiger partial charge on any atom is -0.368 e. The molecule has 3 nitrogen and oxygen atoms in total. The summed E-state index contributed by atoms with van der Waals surface area (Å²) in [5.41, 5.74) is 5.37. The number of primary amides is 1. The van der Waals surface area contributed by atoms with Crippen molar-refractivity contribution in [3.63, 3.8) is 0 Å². The smallest absolute Gasteiger partial charge is 0.234 e. The molecule has 0 aromatic carbocycles. The van der Waals surface area contributed by atoms with E-state index in [-0.39, 0.29) is 11.9 Å². The Balaban J connectivity index is 1.82. The molecule has 2 rings (SSSR count). The predicted molar refractivity (Wildman–Crippen MR) is 55.7 cm³/mol. The number of rotatable bonds is 3. The highest BCUT2D eigenvalue weighted by Crippen LogP contribution is 2.34. The van der Waals surface area contributed by atoms with Crippen molar-refractivity contribution in [1.29, 1.82) is 0 Å². The summed E-state index contributed by atoms with van der Waals surface area (Å²) in [6.45, 7) is 4.46. The molecule has 2 N–H and O–H groups in total. The normalized spacial score (nSPS) is 38.2. The van der Waals surface area contributed by atoms with Gasteiger partial charge >= 0.3 is 0 Å². The van der Waals surface area contributed by atoms with Crippen molar-refractivity contribution in [3.05, 3.63) is 0 Å². The Kier molecular flexibility index (Phi) is 2.77. The van der Waals surface area contributed by atoms with Crippen molar-refractivity contribution in [3.8, 4) is 0 Å². The zero-order valence-corrected chi connectivity index (χ0v) is 8.91. The summed E-state index contributed by atoms with van der Waals surface area (Å²) in [6.07, 6.45) is 4.78. The Labute approximate surface area is 85.6 Å². The van der Waals surface area contributed by atoms with Crippen LogP contribution in [0.2, 0.25) is 0 Å². The molecule has 1 saturated heterocycles. The lowest BCUT2D eigenvalue weighted by Gasteiger charge is -2.36. The first-order valence-electron chi connectivity index (χ1n) is 5.70. The molecule has 0 aromatic heterocycles. The summed E-state index contributed by atoms with van der Waals surface area (Å²) >= 11 is 0. The van der Waals surface area contributed by atoms with E-state index in [1.165, 1.54) is 12.8 Å². The molecule has 1 saturated carbocycles. The third-order valence-corrected chi connectivity index (χ3v) is 3.66. The van der Waals surface area contributed by atoms with Crippen LogP contribution in [-0.4, -0.2) is 29.9 Å². The second-order valence-corrected chi connectivity index (χ2v) is 5.00. The van der Waals surface area contributed by atoms with Crippen molar-refractivity contribution < 1.29 is 4.79 Å². The molecule has 1 aliphatic heterocycles. The van der Waals surface area contributed by atoms with Crippen LogP contribution in [0, 0.1) is 11.8 Å². The summed E-state index contributed by atoms with van der Waals surface area (Å²) in [6, 6.07) is 0.0332. The fourth-order valence-electron chi connectivity index (χ4n) is 2.92. The zero-order chi connectivity index (χ0) is 10.1. The van der Waals surface area contributed by atoms with Crippen LogP contribution in [0.15, 0.2) is 0 Å². The molecule has 2 fully saturated rings. The Morgan fingerprint density at radius 1 is 1.50 bits per heavy atom. The SMILES string of the molecule is CC1CC(CN2CCCC2C(N)=O)C1. The molecule has 0 radical (unpaired) electrons. The van der Waals surface area contributed by atoms with Gasteiger partial charge in [0.2, 0.25) is 5.91 Å². The van der Waals surface area contributed by atoms with Crippen molar-refractivity contribution >= 4 is 5.91 Å². The Morgan fingerprint density at radius 3 is 2.79 bits per heavy atom. The Bertz CT molecular complexity index is 223. The van der Waals surface area contributed by atoms with Crippen LogP contribution in [0.5, 0.6) is 0 Å². The van der Waals surface area contributed by atoms with Gasteiger partial charge in [0.1, 0.15) is 0 Å². The number of likely N-dealkylation sites (tertiary alicyclic amines) is 1. The summed E-state index contributed by atoms with van der Waals surface area (Å²) in [5.74, 6) is 1.59. The molecule has 1 atom stereocenters. The monoisotopic (exact) mass is 196 g/mol. The number of hydrogen-bond donors (Lipinski definition) is 1. The Morgan fingerprint density at radius 2 is 2.21 bits per heavy atom. The number of nitrogens with zero attached hydrogens (tertiary/aromatic N) is 1. The average Bonchev–Trinajstić information content (AvgIpc) is 2.49. The van der Waals surface area contributed by atoms with Crippen LogP contribution >= 0.6 is 0 Å². The van der Waals surface area contributed by atoms with E-state index in [0.29, 0.717) is 0 Å². The van der Waals surface area contributed by atoms with E-state index in [1.54, 1.807) is 0 Å². The fraction of sp³-hybridized carbons (Fsp3) is 0.909. The van der Waals surface area contributed by atoms with E-state index in [4.69, 9.17) is 5.73 Å². The summed E-state index contributed by atoms with van der Waals surface area (Å²) < 4.78 is 0. The minimum atomic E-state index is -0.130. The highest BCUT2D eigenvalue weighted by atomic mass is 16.1. The average molecular weight is 196 g/mol. The van der Waals surface area contributed by atoms with Gasteiger partial charge in [0.15, 0.2) is 0 Å². The topological polar surface area (TPSA) is 46.3 Å². The van der Waals surface area contributed by atoms with Crippen LogP contribution < -0.4 is 5.73 Å². The van der Waals surface area contributed by atoms with Gasteiger partial charge in [-0.1, -0.05) is 6.92 Å². The number of hydrogen-bond acceptors (Lipinski definition) is 2. The minimum absolute atomic E-state index is 0.0332. The highest BCUT2D eigenvalue weighted by molar-refractivity contribution is 5.80. The molecule has 1 heterocycles. The van der Waals surface area contributed by atoms with Crippen LogP contribution in [0.25, 0.3) is 0 Å². The first-order valence-corrected chi connectivity index (χ1v) is 5.70. The molecule has 1 amide bonds. The van der Waals surface area contributed by atoms with Gasteiger partial charge in [0.05, 0.1) is 6.04 Å². The lowest BCUT2D eigenvalue weighted by atomic mass is 9.76. The van der Waals surface area contributed by atoms with Crippen molar-refractivity contribution in [2.45, 2.75) is 38.6 Å². The Hall–Kier alpha value is -0.570. The maximum absolute atomic E-state index is 11.1. The molecule has 14 heavy (non-hydrogen) atoms. The van der Waals surface area contributed by atoms with Gasteiger partial charge in [0, 0.05) is 6.54 Å². The third-order valence-electron chi connectivity index (χ3n) is 3.66. The summed E-state index contributed by atoms with van der Waals surface area (Å²) in [5, 5.41) is 0. The molecule has 0 spiro atoms. The predicted octanol–water partition coefficient (Wildman–Crippen LogP) is 0.982. The van der Waals surface area contributed by atoms with Gasteiger partial charge in [-0.25, -0.2) is 0 Å². The summed E-state index contributed by atoms with van der Waals surface area (Å²) in [7, 11) is 0. The van der Waals surface area contributed by atoms with E-state index >= 15 is 0 Å². The molecule has 0 bridgehead atoms. The van der Waals surface area contributed by atoms with Crippen LogP contribution in [0.4, 0.5) is 0 Å². The van der Waals surface area contributed by atoms with Crippen LogP contribution in [0.1, 0.15) is 32.6 Å². The lowest BCUT2D eigenvalue weighted by Crippen LogP contribution is -2.44. The van der Waals surface area contributed by atoms with Crippen LogP contribution in [-0.2, 0) is 4.79 Å². The number of nitrogens with two attached hydrogens (primary N) is 1. The molecular formula is C11H20N2O. The van der Waals surface area contributed by atoms with Crippen LogP contribution in [0.3, 0.4) is 0 Å². The number of carbonyl (C=O) groups is 1. The maximum Gasteiger partial charge on any atom is 0.234 e. The molecule has 1 aliphatic carbocycles. The molecular weight excluding hydrogens is 176 g/mol. The quantitative estimate of drug-likeness (QED) is 0.731. The molecule has 1 unspecified atom stereocenters. The fourth-order valence-corrected chi connectivity index (χ4v) is 2.92. The first kappa shape index (κ1) is 9.97. The molecule has 3 heteroatoms. The van der Waals surface area contributed by atoms with E-state index < -0.39 is 0 Å². The molecule has 0 aromatic rings. The second kappa shape index (κ2) is 3.89. The molecule has 80 valence electrons. The molecule has 2 aliphatic rings. The second-order valence-electron chi connectivity index (χ2n) is 5.00. The van der Waals surface area contributed by atoms with Gasteiger partial charge in [-0.15, -0.1) is 0 Å². The van der Waals surface area contributed by atoms with Crippen molar-refractivity contribution in [1.82, 2.24) is 4.90 Å². The zero-order valence-electron chi connectivity index (χ0n) is 8.91. The van der Waals surface area contributed by atoms with Gasteiger partial charge in [-0.05, 0) is 44.1 Å². The van der Waals surface area contributed by atoms with E-state index in [0.717, 1.165) is 37.8 Å². The van der Waals surface area contributed by atoms with Crippen molar-refractivity contribution in [2.24, 2.45) is 17.6 Å². The van der Waals surface area contributed by atoms with Gasteiger partial charge in [0.25, 0.3) is 0 Å². The van der Waals surface area contributed by atoms with E-state index in [2.05, 4.69) is 11.8 Å².